The Kier molecular flexibility index (Phi) is 2.44. The third kappa shape index (κ3) is 1.56. The zero-order valence-corrected chi connectivity index (χ0v) is 8.81. The maximum absolute atomic E-state index is 9.88. The molecule has 0 aliphatic heterocycles. The van der Waals surface area contributed by atoms with Crippen LogP contribution in [0.3, 0.4) is 0 Å². The van der Waals surface area contributed by atoms with Crippen molar-refractivity contribution >= 4 is 0 Å². The zero-order chi connectivity index (χ0) is 11.7. The van der Waals surface area contributed by atoms with Gasteiger partial charge in [0.1, 0.15) is 17.2 Å². The van der Waals surface area contributed by atoms with E-state index < -0.39 is 0 Å². The van der Waals surface area contributed by atoms with E-state index in [-0.39, 0.29) is 22.8 Å². The van der Waals surface area contributed by atoms with Crippen LogP contribution in [0.4, 0.5) is 0 Å². The summed E-state index contributed by atoms with van der Waals surface area (Å²) in [6, 6.07) is 9.65. The van der Waals surface area contributed by atoms with E-state index in [4.69, 9.17) is 0 Å². The molecule has 0 amide bonds. The molecule has 2 rings (SSSR count). The molecule has 2 aromatic rings. The highest BCUT2D eigenvalue weighted by molar-refractivity contribution is 5.81. The molecule has 3 nitrogen and oxygen atoms in total. The third-order valence-electron chi connectivity index (χ3n) is 2.53. The summed E-state index contributed by atoms with van der Waals surface area (Å²) in [7, 11) is 0. The lowest BCUT2D eigenvalue weighted by Crippen LogP contribution is -1.84. The summed E-state index contributed by atoms with van der Waals surface area (Å²) in [6.07, 6.45) is 0. The van der Waals surface area contributed by atoms with E-state index in [0.29, 0.717) is 11.1 Å². The normalized spacial score (nSPS) is 10.3. The van der Waals surface area contributed by atoms with Crippen molar-refractivity contribution in [3.8, 4) is 28.4 Å². The number of rotatable bonds is 1. The number of hydrogen-bond donors (Lipinski definition) is 3. The largest absolute Gasteiger partial charge is 0.507 e. The van der Waals surface area contributed by atoms with Crippen LogP contribution in [0.5, 0.6) is 17.2 Å². The van der Waals surface area contributed by atoms with E-state index in [1.54, 1.807) is 31.2 Å². The molecule has 0 bridgehead atoms. The van der Waals surface area contributed by atoms with Crippen molar-refractivity contribution in [2.75, 3.05) is 0 Å². The van der Waals surface area contributed by atoms with Crippen LogP contribution in [0.1, 0.15) is 5.56 Å². The van der Waals surface area contributed by atoms with Crippen molar-refractivity contribution in [3.05, 3.63) is 42.0 Å². The topological polar surface area (TPSA) is 60.7 Å². The van der Waals surface area contributed by atoms with Crippen molar-refractivity contribution in [1.29, 1.82) is 0 Å². The summed E-state index contributed by atoms with van der Waals surface area (Å²) < 4.78 is 0. The third-order valence-corrected chi connectivity index (χ3v) is 2.53. The summed E-state index contributed by atoms with van der Waals surface area (Å²) in [6.45, 7) is 1.76. The Hall–Kier alpha value is -2.16. The Morgan fingerprint density at radius 3 is 2.00 bits per heavy atom. The fraction of sp³-hybridized carbons (Fsp3) is 0.0769. The predicted molar refractivity (Wildman–Crippen MR) is 61.6 cm³/mol. The van der Waals surface area contributed by atoms with Gasteiger partial charge < -0.3 is 15.3 Å². The van der Waals surface area contributed by atoms with Crippen LogP contribution in [0.15, 0.2) is 36.4 Å². The lowest BCUT2D eigenvalue weighted by atomic mass is 10.0. The van der Waals surface area contributed by atoms with Gasteiger partial charge in [0.25, 0.3) is 0 Å². The van der Waals surface area contributed by atoms with Crippen LogP contribution >= 0.6 is 0 Å². The molecule has 0 fully saturated rings. The van der Waals surface area contributed by atoms with Crippen molar-refractivity contribution in [3.63, 3.8) is 0 Å². The maximum atomic E-state index is 9.88. The first-order valence-electron chi connectivity index (χ1n) is 4.91. The van der Waals surface area contributed by atoms with Crippen LogP contribution in [-0.4, -0.2) is 15.3 Å². The first-order valence-corrected chi connectivity index (χ1v) is 4.91. The number of phenolic OH excluding ortho intramolecular Hbond substituents is 3. The number of hydrogen-bond acceptors (Lipinski definition) is 3. The van der Waals surface area contributed by atoms with Gasteiger partial charge in [-0.2, -0.15) is 0 Å². The molecule has 0 spiro atoms. The van der Waals surface area contributed by atoms with E-state index in [1.165, 1.54) is 12.1 Å². The van der Waals surface area contributed by atoms with E-state index in [2.05, 4.69) is 0 Å². The molecule has 82 valence electrons. The minimum Gasteiger partial charge on any atom is -0.507 e. The Bertz CT molecular complexity index is 512. The molecule has 3 heteroatoms. The lowest BCUT2D eigenvalue weighted by molar-refractivity contribution is 0.449. The van der Waals surface area contributed by atoms with Gasteiger partial charge in [-0.25, -0.2) is 0 Å². The molecule has 0 atom stereocenters. The molecule has 16 heavy (non-hydrogen) atoms. The van der Waals surface area contributed by atoms with Gasteiger partial charge in [0.15, 0.2) is 0 Å². The highest BCUT2D eigenvalue weighted by Gasteiger charge is 2.14. The molecule has 0 heterocycles. The molecule has 0 aromatic heterocycles. The fourth-order valence-corrected chi connectivity index (χ4v) is 1.66. The maximum Gasteiger partial charge on any atom is 0.127 e. The molecule has 0 aliphatic carbocycles. The molecule has 3 N–H and O–H groups in total. The minimum absolute atomic E-state index is 0.0547. The van der Waals surface area contributed by atoms with Crippen molar-refractivity contribution in [1.82, 2.24) is 0 Å². The van der Waals surface area contributed by atoms with Gasteiger partial charge in [-0.15, -0.1) is 0 Å². The number of aromatic hydroxyl groups is 3. The van der Waals surface area contributed by atoms with Gasteiger partial charge in [-0.3, -0.25) is 0 Å². The van der Waals surface area contributed by atoms with Gasteiger partial charge >= 0.3 is 0 Å². The number of para-hydroxylation sites is 1. The standard InChI is InChI=1S/C13H12O3/c1-8-4-2-5-9(13(8)16)12-10(14)6-3-7-11(12)15/h2-7,14-16H,1H3. The number of phenols is 3. The number of aryl methyl sites for hydroxylation is 1. The van der Waals surface area contributed by atoms with Crippen LogP contribution in [0.2, 0.25) is 0 Å². The Morgan fingerprint density at radius 1 is 0.812 bits per heavy atom. The fourth-order valence-electron chi connectivity index (χ4n) is 1.66. The van der Waals surface area contributed by atoms with E-state index in [0.717, 1.165) is 0 Å². The SMILES string of the molecule is Cc1cccc(-c2c(O)cccc2O)c1O. The molecular formula is C13H12O3. The van der Waals surface area contributed by atoms with Gasteiger partial charge in [0.2, 0.25) is 0 Å². The van der Waals surface area contributed by atoms with Crippen LogP contribution < -0.4 is 0 Å². The van der Waals surface area contributed by atoms with E-state index in [1.807, 2.05) is 0 Å². The molecular weight excluding hydrogens is 204 g/mol. The Labute approximate surface area is 93.2 Å². The summed E-state index contributed by atoms with van der Waals surface area (Å²) in [4.78, 5) is 0. The van der Waals surface area contributed by atoms with Crippen LogP contribution in [-0.2, 0) is 0 Å². The first-order chi connectivity index (χ1) is 7.61. The lowest BCUT2D eigenvalue weighted by Gasteiger charge is -2.10. The molecule has 0 saturated carbocycles. The Balaban J connectivity index is 2.73. The first kappa shape index (κ1) is 10.4. The second kappa shape index (κ2) is 3.77. The second-order valence-electron chi connectivity index (χ2n) is 3.64. The summed E-state index contributed by atoms with van der Waals surface area (Å²) in [5, 5.41) is 29.3. The minimum atomic E-state index is -0.0547. The highest BCUT2D eigenvalue weighted by Crippen LogP contribution is 2.42. The van der Waals surface area contributed by atoms with Crippen LogP contribution in [0, 0.1) is 6.92 Å². The molecule has 0 radical (unpaired) electrons. The second-order valence-corrected chi connectivity index (χ2v) is 3.64. The monoisotopic (exact) mass is 216 g/mol. The summed E-state index contributed by atoms with van der Waals surface area (Å²) in [5.41, 5.74) is 1.37. The van der Waals surface area contributed by atoms with Gasteiger partial charge in [-0.05, 0) is 24.6 Å². The summed E-state index contributed by atoms with van der Waals surface area (Å²) >= 11 is 0. The zero-order valence-electron chi connectivity index (χ0n) is 8.81. The van der Waals surface area contributed by atoms with Gasteiger partial charge in [-0.1, -0.05) is 24.3 Å². The van der Waals surface area contributed by atoms with E-state index in [9.17, 15) is 15.3 Å². The highest BCUT2D eigenvalue weighted by atomic mass is 16.3. The van der Waals surface area contributed by atoms with Crippen molar-refractivity contribution < 1.29 is 15.3 Å². The van der Waals surface area contributed by atoms with Crippen molar-refractivity contribution in [2.45, 2.75) is 6.92 Å². The average molecular weight is 216 g/mol. The van der Waals surface area contributed by atoms with Crippen LogP contribution in [0.25, 0.3) is 11.1 Å². The predicted octanol–water partition coefficient (Wildman–Crippen LogP) is 2.78. The van der Waals surface area contributed by atoms with Gasteiger partial charge in [0.05, 0.1) is 5.56 Å². The molecule has 0 unspecified atom stereocenters. The average Bonchev–Trinajstić information content (AvgIpc) is 2.24. The molecule has 0 aliphatic rings. The van der Waals surface area contributed by atoms with E-state index >= 15 is 0 Å². The Morgan fingerprint density at radius 2 is 1.38 bits per heavy atom. The molecule has 2 aromatic carbocycles. The smallest absolute Gasteiger partial charge is 0.127 e. The number of benzene rings is 2. The molecule has 0 saturated heterocycles. The quantitative estimate of drug-likeness (QED) is 0.686. The summed E-state index contributed by atoms with van der Waals surface area (Å²) in [5.74, 6) is -0.0406. The van der Waals surface area contributed by atoms with Crippen molar-refractivity contribution in [2.24, 2.45) is 0 Å². The van der Waals surface area contributed by atoms with Gasteiger partial charge in [0, 0.05) is 5.56 Å².